The molecule has 0 saturated carbocycles. The number of aliphatic hydroxyl groups is 7. The molecule has 6 aromatic heterocycles. The molecule has 4 unspecified atom stereocenters. The van der Waals surface area contributed by atoms with Crippen molar-refractivity contribution in [3.63, 3.8) is 0 Å². The van der Waals surface area contributed by atoms with E-state index in [1.807, 2.05) is 0 Å². The van der Waals surface area contributed by atoms with Crippen molar-refractivity contribution in [1.29, 1.82) is 0 Å². The van der Waals surface area contributed by atoms with Gasteiger partial charge in [-0.3, -0.25) is 22.8 Å². The lowest BCUT2D eigenvalue weighted by atomic mass is 10.1. The van der Waals surface area contributed by atoms with Crippen molar-refractivity contribution < 1.29 is 82.7 Å². The highest BCUT2D eigenvalue weighted by Crippen LogP contribution is 2.55. The van der Waals surface area contributed by atoms with Crippen LogP contribution in [0.25, 0.3) is 33.5 Å². The molecule has 0 aliphatic carbocycles. The van der Waals surface area contributed by atoms with Gasteiger partial charge in [-0.15, -0.1) is 0 Å². The summed E-state index contributed by atoms with van der Waals surface area (Å²) in [6.07, 6.45) is -8.44. The highest BCUT2D eigenvalue weighted by Gasteiger charge is 2.47. The van der Waals surface area contributed by atoms with E-state index >= 15 is 0 Å². The highest BCUT2D eigenvalue weighted by atomic mass is 35.5. The molecule has 13 atom stereocenters. The summed E-state index contributed by atoms with van der Waals surface area (Å²) in [4.78, 5) is 62.4. The molecule has 9 heterocycles. The summed E-state index contributed by atoms with van der Waals surface area (Å²) >= 11 is 5.71. The van der Waals surface area contributed by atoms with Gasteiger partial charge >= 0.3 is 15.2 Å². The minimum absolute atomic E-state index is 0.0615. The van der Waals surface area contributed by atoms with Crippen LogP contribution < -0.4 is 17.2 Å². The third-order valence-corrected chi connectivity index (χ3v) is 13.8. The molecule has 3 aliphatic rings. The first kappa shape index (κ1) is 49.1. The van der Waals surface area contributed by atoms with Gasteiger partial charge in [0.25, 0.3) is 0 Å². The van der Waals surface area contributed by atoms with Crippen LogP contribution in [0.3, 0.4) is 0 Å². The smallest absolute Gasteiger partial charge is 0.340 e. The van der Waals surface area contributed by atoms with Crippen LogP contribution in [0.2, 0.25) is 5.28 Å². The molecule has 0 spiro atoms. The second-order valence-corrected chi connectivity index (χ2v) is 18.9. The maximum atomic E-state index is 14.1. The fraction of sp³-hybridized carbons (Fsp3) is 0.516. The fourth-order valence-electron chi connectivity index (χ4n) is 6.96. The summed E-state index contributed by atoms with van der Waals surface area (Å²) in [6, 6.07) is 0. The predicted octanol–water partition coefficient (Wildman–Crippen LogP) is -3.96. The van der Waals surface area contributed by atoms with E-state index in [-0.39, 0.29) is 45.1 Å². The number of hydrogen-bond acceptors (Lipinski definition) is 25. The van der Waals surface area contributed by atoms with Crippen molar-refractivity contribution in [2.24, 2.45) is 0 Å². The molecule has 6 aromatic rings. The zero-order valence-corrected chi connectivity index (χ0v) is 35.9. The van der Waals surface area contributed by atoms with Gasteiger partial charge in [-0.05, 0) is 11.6 Å². The van der Waals surface area contributed by atoms with E-state index in [4.69, 9.17) is 63.0 Å². The Balaban J connectivity index is 0.000000150. The number of alkyl halides is 1. The Morgan fingerprint density at radius 1 is 0.621 bits per heavy atom. The monoisotopic (exact) mass is 995 g/mol. The molecule has 16 N–H and O–H groups in total. The van der Waals surface area contributed by atoms with Crippen LogP contribution in [0.15, 0.2) is 31.6 Å². The van der Waals surface area contributed by atoms with Gasteiger partial charge in [-0.1, -0.05) is 0 Å². The molecule has 31 nitrogen and oxygen atoms in total. The minimum Gasteiger partial charge on any atom is -0.394 e. The molecule has 0 radical (unpaired) electrons. The van der Waals surface area contributed by atoms with Crippen molar-refractivity contribution in [2.45, 2.75) is 73.7 Å². The number of imidazole rings is 3. The van der Waals surface area contributed by atoms with E-state index in [1.54, 1.807) is 0 Å². The van der Waals surface area contributed by atoms with Gasteiger partial charge in [-0.2, -0.15) is 9.97 Å². The Morgan fingerprint density at radius 2 is 1.06 bits per heavy atom. The summed E-state index contributed by atoms with van der Waals surface area (Å²) in [6.45, 7) is -1.58. The summed E-state index contributed by atoms with van der Waals surface area (Å²) in [5.74, 6) is -0.996. The second kappa shape index (κ2) is 19.4. The molecule has 3 saturated heterocycles. The van der Waals surface area contributed by atoms with Gasteiger partial charge in [0.15, 0.2) is 65.2 Å². The number of halogens is 2. The molecule has 9 rings (SSSR count). The molecular formula is C31H41ClFN15O16P2. The van der Waals surface area contributed by atoms with Crippen molar-refractivity contribution in [3.8, 4) is 0 Å². The van der Waals surface area contributed by atoms with E-state index in [1.165, 1.54) is 45.3 Å². The van der Waals surface area contributed by atoms with Crippen LogP contribution in [0.4, 0.5) is 21.8 Å². The van der Waals surface area contributed by atoms with Crippen LogP contribution in [-0.4, -0.2) is 190 Å². The average Bonchev–Trinajstić information content (AvgIpc) is 4.12. The molecular weight excluding hydrogens is 955 g/mol. The molecule has 3 aliphatic heterocycles. The number of ether oxygens (including phenoxy) is 3. The number of aromatic nitrogens is 12. The molecule has 0 amide bonds. The maximum absolute atomic E-state index is 14.1. The number of hydrogen-bond donors (Lipinski definition) is 13. The number of nitrogens with two attached hydrogens (primary N) is 3. The zero-order chi connectivity index (χ0) is 48.0. The number of aliphatic hydroxyl groups excluding tert-OH is 7. The Kier molecular flexibility index (Phi) is 14.4. The van der Waals surface area contributed by atoms with E-state index in [0.717, 1.165) is 0 Å². The predicted molar refractivity (Wildman–Crippen MR) is 218 cm³/mol. The first-order valence-corrected chi connectivity index (χ1v) is 22.8. The largest absolute Gasteiger partial charge is 0.394 e. The number of fused-ring (bicyclic) bond motifs is 3. The lowest BCUT2D eigenvalue weighted by Crippen LogP contribution is -2.33. The molecule has 0 bridgehead atoms. The Labute approximate surface area is 371 Å². The first-order valence-electron chi connectivity index (χ1n) is 18.9. The molecule has 0 aromatic carbocycles. The summed E-state index contributed by atoms with van der Waals surface area (Å²) in [5.41, 5.74) is 18.7. The number of rotatable bonds is 10. The van der Waals surface area contributed by atoms with Gasteiger partial charge < -0.3 is 86.4 Å². The lowest BCUT2D eigenvalue weighted by molar-refractivity contribution is -0.0511. The lowest BCUT2D eigenvalue weighted by Gasteiger charge is -2.18. The van der Waals surface area contributed by atoms with Crippen LogP contribution in [0.1, 0.15) is 18.7 Å². The van der Waals surface area contributed by atoms with E-state index in [9.17, 15) is 43.9 Å². The quantitative estimate of drug-likeness (QED) is 0.0460. The zero-order valence-electron chi connectivity index (χ0n) is 33.3. The van der Waals surface area contributed by atoms with Gasteiger partial charge in [0.05, 0.1) is 38.8 Å². The molecule has 3 fully saturated rings. The topological polar surface area (TPSA) is 482 Å². The summed E-state index contributed by atoms with van der Waals surface area (Å²) in [5, 5.41) is 67.6. The Hall–Kier alpha value is -4.83. The molecule has 35 heteroatoms. The van der Waals surface area contributed by atoms with Crippen LogP contribution >= 0.6 is 26.8 Å². The van der Waals surface area contributed by atoms with Crippen molar-refractivity contribution in [2.75, 3.05) is 42.9 Å². The third-order valence-electron chi connectivity index (χ3n) is 10.1. The maximum Gasteiger partial charge on any atom is 0.340 e. The normalized spacial score (nSPS) is 29.8. The minimum atomic E-state index is -4.79. The van der Waals surface area contributed by atoms with Crippen LogP contribution in [0.5, 0.6) is 0 Å². The standard InChI is InChI=1S/C11H17N5O9P2.C10H11ClFN5O3.C10H13N5O4/c12-9-6-10(14-2-13-9)16(3-15-6)11-8(18)7(17)5(25-11)1-24-27(22,23)4-26(19,20)21;11-10-15-7(13)5-8(16-10)17(2-14-5)9-4(12)6(19)3(1-18)20-9;11-8-5-9(13-2-12-8)15(3-14-5)10-7(18)6(17)4(1-16)19-10/h2-3,5,7-8,11,17-18H,1,4H2,(H,22,23)(H2,12,13,14)(H2,19,20,21);2-4,6,9,18-19H,1H2,(H2,13,15,16);2-4,6-7,10,16-18H,1H2,(H2,11,12,13)/t5-,7?,8+,11-;3-,4-,6?,9-;4-,6?,7-,10-/m111/s1. The van der Waals surface area contributed by atoms with Crippen LogP contribution in [-0.2, 0) is 27.9 Å². The van der Waals surface area contributed by atoms with Crippen LogP contribution in [0, 0.1) is 0 Å². The van der Waals surface area contributed by atoms with Gasteiger partial charge in [0.2, 0.25) is 5.28 Å². The van der Waals surface area contributed by atoms with E-state index < -0.39 is 115 Å². The van der Waals surface area contributed by atoms with E-state index in [0.29, 0.717) is 11.2 Å². The third kappa shape index (κ3) is 9.91. The Bertz CT molecular complexity index is 2770. The second-order valence-electron chi connectivity index (χ2n) is 14.6. The highest BCUT2D eigenvalue weighted by molar-refractivity contribution is 7.70. The number of anilines is 3. The first-order chi connectivity index (χ1) is 31.1. The van der Waals surface area contributed by atoms with Gasteiger partial charge in [0, 0.05) is 0 Å². The van der Waals surface area contributed by atoms with Crippen molar-refractivity contribution in [1.82, 2.24) is 58.6 Å². The van der Waals surface area contributed by atoms with E-state index in [2.05, 4.69) is 49.4 Å². The molecule has 360 valence electrons. The SMILES string of the molecule is Nc1nc(Cl)nc2c1ncn2[C@@H]1O[C@H](CO)C(O)[C@H]1F.Nc1ncnc2c1ncn2[C@@H]1O[C@H](CO)C(O)[C@H]1O.Nc1ncnc2c1ncn2[C@@H]1O[C@H](COP(=O)(O)CP(=O)(O)O)C(O)[C@@H]1O. The number of nitrogen functional groups attached to an aromatic ring is 3. The number of nitrogens with zero attached hydrogens (tertiary/aromatic N) is 12. The van der Waals surface area contributed by atoms with Crippen molar-refractivity contribution in [3.05, 3.63) is 36.9 Å². The molecule has 66 heavy (non-hydrogen) atoms. The Morgan fingerprint density at radius 3 is 1.53 bits per heavy atom. The van der Waals surface area contributed by atoms with Gasteiger partial charge in [-0.25, -0.2) is 39.3 Å². The fourth-order valence-corrected chi connectivity index (χ4v) is 9.70. The summed E-state index contributed by atoms with van der Waals surface area (Å²) < 4.78 is 61.4. The average molecular weight is 996 g/mol. The van der Waals surface area contributed by atoms with Gasteiger partial charge in [0.1, 0.15) is 78.0 Å². The summed E-state index contributed by atoms with van der Waals surface area (Å²) in [7, 11) is -9.42. The van der Waals surface area contributed by atoms with Crippen molar-refractivity contribution >= 4 is 77.7 Å².